The van der Waals surface area contributed by atoms with Crippen molar-refractivity contribution in [3.63, 3.8) is 0 Å². The number of rotatable bonds is 4. The van der Waals surface area contributed by atoms with Crippen molar-refractivity contribution in [1.29, 1.82) is 0 Å². The van der Waals surface area contributed by atoms with E-state index in [1.54, 1.807) is 0 Å². The SMILES string of the molecule is O=C(O)C(Cc1ccccc1)N1CCCNCC1. The number of hydrogen-bond donors (Lipinski definition) is 2. The lowest BCUT2D eigenvalue weighted by molar-refractivity contribution is -0.143. The highest BCUT2D eigenvalue weighted by Gasteiger charge is 2.26. The minimum atomic E-state index is -0.722. The highest BCUT2D eigenvalue weighted by molar-refractivity contribution is 5.74. The second-order valence-corrected chi connectivity index (χ2v) is 4.68. The summed E-state index contributed by atoms with van der Waals surface area (Å²) in [5.74, 6) is -0.722. The summed E-state index contributed by atoms with van der Waals surface area (Å²) in [7, 11) is 0. The van der Waals surface area contributed by atoms with Gasteiger partial charge in [0.2, 0.25) is 0 Å². The van der Waals surface area contributed by atoms with Gasteiger partial charge in [0.05, 0.1) is 0 Å². The molecule has 0 bridgehead atoms. The molecular weight excluding hydrogens is 228 g/mol. The molecule has 0 amide bonds. The summed E-state index contributed by atoms with van der Waals surface area (Å²) < 4.78 is 0. The molecular formula is C14H20N2O2. The monoisotopic (exact) mass is 248 g/mol. The Morgan fingerprint density at radius 2 is 2.06 bits per heavy atom. The topological polar surface area (TPSA) is 52.6 Å². The Labute approximate surface area is 108 Å². The third-order valence-electron chi connectivity index (χ3n) is 3.37. The Balaban J connectivity index is 2.05. The second kappa shape index (κ2) is 6.52. The molecule has 1 heterocycles. The number of carboxylic acids is 1. The third-order valence-corrected chi connectivity index (χ3v) is 3.37. The standard InChI is InChI=1S/C14H20N2O2/c17-14(18)13(11-12-5-2-1-3-6-12)16-9-4-7-15-8-10-16/h1-3,5-6,13,15H,4,7-11H2,(H,17,18). The van der Waals surface area contributed by atoms with Gasteiger partial charge in [0, 0.05) is 19.6 Å². The van der Waals surface area contributed by atoms with Crippen molar-refractivity contribution in [2.24, 2.45) is 0 Å². The highest BCUT2D eigenvalue weighted by Crippen LogP contribution is 2.11. The van der Waals surface area contributed by atoms with E-state index in [9.17, 15) is 9.90 Å². The van der Waals surface area contributed by atoms with Gasteiger partial charge in [-0.25, -0.2) is 0 Å². The second-order valence-electron chi connectivity index (χ2n) is 4.68. The summed E-state index contributed by atoms with van der Waals surface area (Å²) in [4.78, 5) is 13.5. The van der Waals surface area contributed by atoms with E-state index in [0.29, 0.717) is 6.42 Å². The van der Waals surface area contributed by atoms with Gasteiger partial charge in [-0.1, -0.05) is 30.3 Å². The van der Waals surface area contributed by atoms with Crippen LogP contribution in [0, 0.1) is 0 Å². The maximum absolute atomic E-state index is 11.5. The first-order chi connectivity index (χ1) is 8.77. The number of benzene rings is 1. The lowest BCUT2D eigenvalue weighted by atomic mass is 10.0. The van der Waals surface area contributed by atoms with Gasteiger partial charge in [0.25, 0.3) is 0 Å². The largest absolute Gasteiger partial charge is 0.480 e. The van der Waals surface area contributed by atoms with Crippen molar-refractivity contribution in [2.75, 3.05) is 26.2 Å². The van der Waals surface area contributed by atoms with E-state index in [-0.39, 0.29) is 0 Å². The zero-order valence-electron chi connectivity index (χ0n) is 10.5. The summed E-state index contributed by atoms with van der Waals surface area (Å²) in [5.41, 5.74) is 1.09. The lowest BCUT2D eigenvalue weighted by Gasteiger charge is -2.27. The third kappa shape index (κ3) is 3.55. The molecule has 18 heavy (non-hydrogen) atoms. The van der Waals surface area contributed by atoms with Gasteiger partial charge in [-0.3, -0.25) is 9.69 Å². The molecule has 1 saturated heterocycles. The molecule has 1 aromatic rings. The minimum absolute atomic E-state index is 0.410. The number of nitrogens with one attached hydrogen (secondary N) is 1. The van der Waals surface area contributed by atoms with E-state index < -0.39 is 12.0 Å². The predicted molar refractivity (Wildman–Crippen MR) is 70.6 cm³/mol. The molecule has 98 valence electrons. The van der Waals surface area contributed by atoms with E-state index in [1.807, 2.05) is 30.3 Å². The van der Waals surface area contributed by atoms with Crippen molar-refractivity contribution in [1.82, 2.24) is 10.2 Å². The van der Waals surface area contributed by atoms with Gasteiger partial charge in [-0.15, -0.1) is 0 Å². The number of nitrogens with zero attached hydrogens (tertiary/aromatic N) is 1. The normalized spacial score (nSPS) is 19.1. The molecule has 0 aliphatic carbocycles. The number of hydrogen-bond acceptors (Lipinski definition) is 3. The highest BCUT2D eigenvalue weighted by atomic mass is 16.4. The van der Waals surface area contributed by atoms with Crippen LogP contribution in [0.5, 0.6) is 0 Å². The Bertz CT molecular complexity index is 373. The van der Waals surface area contributed by atoms with Crippen LogP contribution in [0.25, 0.3) is 0 Å². The van der Waals surface area contributed by atoms with Crippen LogP contribution in [0.3, 0.4) is 0 Å². The van der Waals surface area contributed by atoms with Crippen LogP contribution in [0.15, 0.2) is 30.3 Å². The first-order valence-electron chi connectivity index (χ1n) is 6.49. The molecule has 1 atom stereocenters. The van der Waals surface area contributed by atoms with E-state index in [2.05, 4.69) is 10.2 Å². The summed E-state index contributed by atoms with van der Waals surface area (Å²) in [6.07, 6.45) is 1.59. The van der Waals surface area contributed by atoms with Crippen molar-refractivity contribution >= 4 is 5.97 Å². The van der Waals surface area contributed by atoms with E-state index in [1.165, 1.54) is 0 Å². The predicted octanol–water partition coefficient (Wildman–Crippen LogP) is 0.978. The van der Waals surface area contributed by atoms with Crippen LogP contribution in [-0.4, -0.2) is 48.2 Å². The fourth-order valence-electron chi connectivity index (χ4n) is 2.39. The van der Waals surface area contributed by atoms with E-state index in [4.69, 9.17) is 0 Å². The van der Waals surface area contributed by atoms with Crippen LogP contribution in [0.4, 0.5) is 0 Å². The molecule has 0 spiro atoms. The van der Waals surface area contributed by atoms with Gasteiger partial charge >= 0.3 is 5.97 Å². The molecule has 0 saturated carbocycles. The molecule has 4 nitrogen and oxygen atoms in total. The molecule has 0 aromatic heterocycles. The zero-order chi connectivity index (χ0) is 12.8. The van der Waals surface area contributed by atoms with Crippen LogP contribution >= 0.6 is 0 Å². The maximum Gasteiger partial charge on any atom is 0.321 e. The van der Waals surface area contributed by atoms with E-state index >= 15 is 0 Å². The van der Waals surface area contributed by atoms with Crippen molar-refractivity contribution < 1.29 is 9.90 Å². The average Bonchev–Trinajstić information content (AvgIpc) is 2.65. The molecule has 4 heteroatoms. The number of aliphatic carboxylic acids is 1. The van der Waals surface area contributed by atoms with Crippen molar-refractivity contribution in [3.8, 4) is 0 Å². The van der Waals surface area contributed by atoms with Crippen molar-refractivity contribution in [2.45, 2.75) is 18.9 Å². The fourth-order valence-corrected chi connectivity index (χ4v) is 2.39. The summed E-state index contributed by atoms with van der Waals surface area (Å²) in [6.45, 7) is 3.52. The molecule has 0 radical (unpaired) electrons. The Morgan fingerprint density at radius 3 is 2.78 bits per heavy atom. The summed E-state index contributed by atoms with van der Waals surface area (Å²) in [6, 6.07) is 9.44. The van der Waals surface area contributed by atoms with Crippen LogP contribution in [0.1, 0.15) is 12.0 Å². The van der Waals surface area contributed by atoms with Crippen molar-refractivity contribution in [3.05, 3.63) is 35.9 Å². The summed E-state index contributed by atoms with van der Waals surface area (Å²) >= 11 is 0. The molecule has 2 rings (SSSR count). The maximum atomic E-state index is 11.5. The fraction of sp³-hybridized carbons (Fsp3) is 0.500. The number of carboxylic acid groups (broad SMARTS) is 1. The molecule has 1 aliphatic rings. The lowest BCUT2D eigenvalue weighted by Crippen LogP contribution is -2.44. The minimum Gasteiger partial charge on any atom is -0.480 e. The van der Waals surface area contributed by atoms with Gasteiger partial charge in [0.15, 0.2) is 0 Å². The first kappa shape index (κ1) is 13.1. The zero-order valence-corrected chi connectivity index (χ0v) is 10.5. The smallest absolute Gasteiger partial charge is 0.321 e. The van der Waals surface area contributed by atoms with Gasteiger partial charge in [-0.05, 0) is 24.9 Å². The van der Waals surface area contributed by atoms with Gasteiger partial charge < -0.3 is 10.4 Å². The summed E-state index contributed by atoms with van der Waals surface area (Å²) in [5, 5.41) is 12.7. The quantitative estimate of drug-likeness (QED) is 0.834. The molecule has 1 aliphatic heterocycles. The van der Waals surface area contributed by atoms with E-state index in [0.717, 1.165) is 38.2 Å². The Hall–Kier alpha value is -1.39. The molecule has 1 fully saturated rings. The average molecular weight is 248 g/mol. The molecule has 1 unspecified atom stereocenters. The van der Waals surface area contributed by atoms with Gasteiger partial charge in [0.1, 0.15) is 6.04 Å². The molecule has 1 aromatic carbocycles. The first-order valence-corrected chi connectivity index (χ1v) is 6.49. The van der Waals surface area contributed by atoms with Crippen LogP contribution < -0.4 is 5.32 Å². The van der Waals surface area contributed by atoms with Crippen LogP contribution in [-0.2, 0) is 11.2 Å². The van der Waals surface area contributed by atoms with Crippen LogP contribution in [0.2, 0.25) is 0 Å². The Morgan fingerprint density at radius 1 is 1.28 bits per heavy atom. The molecule has 2 N–H and O–H groups in total. The Kier molecular flexibility index (Phi) is 4.73. The number of carbonyl (C=O) groups is 1. The van der Waals surface area contributed by atoms with Gasteiger partial charge in [-0.2, -0.15) is 0 Å².